The Morgan fingerprint density at radius 2 is 1.77 bits per heavy atom. The summed E-state index contributed by atoms with van der Waals surface area (Å²) >= 11 is 0. The van der Waals surface area contributed by atoms with E-state index in [1.807, 2.05) is 0 Å². The molecule has 2 aromatic rings. The lowest BCUT2D eigenvalue weighted by Gasteiger charge is -2.17. The summed E-state index contributed by atoms with van der Waals surface area (Å²) in [5, 5.41) is 8.91. The number of nitrogens with zero attached hydrogens (tertiary/aromatic N) is 1. The zero-order chi connectivity index (χ0) is 18.7. The Kier molecular flexibility index (Phi) is 5.18. The van der Waals surface area contributed by atoms with Crippen molar-refractivity contribution in [1.29, 1.82) is 0 Å². The van der Waals surface area contributed by atoms with Gasteiger partial charge in [0.1, 0.15) is 11.9 Å². The first-order valence-electron chi connectivity index (χ1n) is 8.20. The third kappa shape index (κ3) is 4.54. The SMILES string of the molecule is O=C(O)c1ccc(CN2CC[C@H](Oc3ccc(C(F)(F)F)cc3)C2)cc1. The van der Waals surface area contributed by atoms with Gasteiger partial charge in [0.2, 0.25) is 0 Å². The summed E-state index contributed by atoms with van der Waals surface area (Å²) in [6.07, 6.45) is -3.64. The second kappa shape index (κ2) is 7.37. The van der Waals surface area contributed by atoms with Gasteiger partial charge < -0.3 is 9.84 Å². The van der Waals surface area contributed by atoms with E-state index in [2.05, 4.69) is 4.90 Å². The summed E-state index contributed by atoms with van der Waals surface area (Å²) < 4.78 is 43.5. The molecule has 0 radical (unpaired) electrons. The van der Waals surface area contributed by atoms with Crippen LogP contribution in [-0.4, -0.2) is 35.2 Å². The molecule has 0 amide bonds. The molecule has 1 saturated heterocycles. The Morgan fingerprint density at radius 3 is 2.35 bits per heavy atom. The Bertz CT molecular complexity index is 757. The molecule has 26 heavy (non-hydrogen) atoms. The molecule has 138 valence electrons. The fourth-order valence-corrected chi connectivity index (χ4v) is 2.96. The molecule has 1 N–H and O–H groups in total. The molecule has 1 aliphatic heterocycles. The number of benzene rings is 2. The van der Waals surface area contributed by atoms with Crippen LogP contribution in [0.5, 0.6) is 5.75 Å². The number of halogens is 3. The maximum absolute atomic E-state index is 12.6. The molecular formula is C19H18F3NO3. The zero-order valence-corrected chi connectivity index (χ0v) is 13.9. The highest BCUT2D eigenvalue weighted by atomic mass is 19.4. The predicted octanol–water partition coefficient (Wildman–Crippen LogP) is 4.06. The van der Waals surface area contributed by atoms with Gasteiger partial charge in [-0.3, -0.25) is 4.90 Å². The molecule has 0 bridgehead atoms. The van der Waals surface area contributed by atoms with E-state index in [4.69, 9.17) is 9.84 Å². The van der Waals surface area contributed by atoms with Gasteiger partial charge in [0, 0.05) is 19.6 Å². The summed E-state index contributed by atoms with van der Waals surface area (Å²) in [7, 11) is 0. The van der Waals surface area contributed by atoms with E-state index in [-0.39, 0.29) is 11.7 Å². The van der Waals surface area contributed by atoms with Gasteiger partial charge in [-0.05, 0) is 48.4 Å². The lowest BCUT2D eigenvalue weighted by molar-refractivity contribution is -0.137. The minimum atomic E-state index is -4.35. The second-order valence-electron chi connectivity index (χ2n) is 6.29. The van der Waals surface area contributed by atoms with Gasteiger partial charge in [0.05, 0.1) is 11.1 Å². The topological polar surface area (TPSA) is 49.8 Å². The monoisotopic (exact) mass is 365 g/mol. The lowest BCUT2D eigenvalue weighted by atomic mass is 10.1. The Labute approximate surface area is 148 Å². The average molecular weight is 365 g/mol. The van der Waals surface area contributed by atoms with Gasteiger partial charge >= 0.3 is 12.1 Å². The Balaban J connectivity index is 1.53. The molecule has 0 unspecified atom stereocenters. The summed E-state index contributed by atoms with van der Waals surface area (Å²) in [5.74, 6) is -0.529. The first kappa shape index (κ1) is 18.3. The van der Waals surface area contributed by atoms with Crippen molar-refractivity contribution in [3.63, 3.8) is 0 Å². The van der Waals surface area contributed by atoms with E-state index in [9.17, 15) is 18.0 Å². The van der Waals surface area contributed by atoms with E-state index < -0.39 is 17.7 Å². The number of carboxylic acids is 1. The van der Waals surface area contributed by atoms with Gasteiger partial charge in [-0.25, -0.2) is 4.79 Å². The van der Waals surface area contributed by atoms with Crippen LogP contribution in [0.3, 0.4) is 0 Å². The van der Waals surface area contributed by atoms with E-state index in [1.165, 1.54) is 12.1 Å². The van der Waals surface area contributed by atoms with Gasteiger partial charge in [0.25, 0.3) is 0 Å². The van der Waals surface area contributed by atoms with Crippen LogP contribution in [0.4, 0.5) is 13.2 Å². The smallest absolute Gasteiger partial charge is 0.416 e. The van der Waals surface area contributed by atoms with Crippen LogP contribution < -0.4 is 4.74 Å². The van der Waals surface area contributed by atoms with Crippen LogP contribution in [0.15, 0.2) is 48.5 Å². The maximum Gasteiger partial charge on any atom is 0.416 e. The first-order chi connectivity index (χ1) is 12.3. The molecule has 0 spiro atoms. The molecular weight excluding hydrogens is 347 g/mol. The van der Waals surface area contributed by atoms with Gasteiger partial charge in [-0.1, -0.05) is 12.1 Å². The molecule has 0 aromatic heterocycles. The molecule has 4 nitrogen and oxygen atoms in total. The number of rotatable bonds is 5. The minimum Gasteiger partial charge on any atom is -0.489 e. The van der Waals surface area contributed by atoms with E-state index in [1.54, 1.807) is 24.3 Å². The average Bonchev–Trinajstić information content (AvgIpc) is 3.02. The van der Waals surface area contributed by atoms with Crippen LogP contribution in [0.2, 0.25) is 0 Å². The van der Waals surface area contributed by atoms with E-state index in [0.717, 1.165) is 30.7 Å². The van der Waals surface area contributed by atoms with Crippen molar-refractivity contribution in [2.24, 2.45) is 0 Å². The Morgan fingerprint density at radius 1 is 1.12 bits per heavy atom. The van der Waals surface area contributed by atoms with Gasteiger partial charge in [-0.2, -0.15) is 13.2 Å². The highest BCUT2D eigenvalue weighted by Crippen LogP contribution is 2.30. The van der Waals surface area contributed by atoms with Crippen LogP contribution in [-0.2, 0) is 12.7 Å². The van der Waals surface area contributed by atoms with Crippen molar-refractivity contribution in [2.75, 3.05) is 13.1 Å². The van der Waals surface area contributed by atoms with Crippen molar-refractivity contribution in [1.82, 2.24) is 4.90 Å². The summed E-state index contributed by atoms with van der Waals surface area (Å²) in [6, 6.07) is 11.4. The summed E-state index contributed by atoms with van der Waals surface area (Å²) in [6.45, 7) is 2.15. The highest BCUT2D eigenvalue weighted by molar-refractivity contribution is 5.87. The third-order valence-electron chi connectivity index (χ3n) is 4.32. The van der Waals surface area contributed by atoms with Crippen molar-refractivity contribution < 1.29 is 27.8 Å². The molecule has 0 saturated carbocycles. The molecule has 3 rings (SSSR count). The van der Waals surface area contributed by atoms with Gasteiger partial charge in [0.15, 0.2) is 0 Å². The lowest BCUT2D eigenvalue weighted by Crippen LogP contribution is -2.24. The van der Waals surface area contributed by atoms with Gasteiger partial charge in [-0.15, -0.1) is 0 Å². The number of ether oxygens (including phenoxy) is 1. The number of likely N-dealkylation sites (tertiary alicyclic amines) is 1. The van der Waals surface area contributed by atoms with Crippen LogP contribution >= 0.6 is 0 Å². The molecule has 0 aliphatic carbocycles. The fourth-order valence-electron chi connectivity index (χ4n) is 2.96. The number of alkyl halides is 3. The molecule has 7 heteroatoms. The van der Waals surface area contributed by atoms with E-state index >= 15 is 0 Å². The van der Waals surface area contributed by atoms with Crippen LogP contribution in [0.25, 0.3) is 0 Å². The molecule has 1 heterocycles. The third-order valence-corrected chi connectivity index (χ3v) is 4.32. The molecule has 1 fully saturated rings. The number of hydrogen-bond acceptors (Lipinski definition) is 3. The summed E-state index contributed by atoms with van der Waals surface area (Å²) in [4.78, 5) is 13.0. The quantitative estimate of drug-likeness (QED) is 0.868. The normalized spacial score (nSPS) is 18.0. The molecule has 1 aliphatic rings. The van der Waals surface area contributed by atoms with Crippen molar-refractivity contribution in [3.05, 3.63) is 65.2 Å². The number of carbonyl (C=O) groups is 1. The largest absolute Gasteiger partial charge is 0.489 e. The fraction of sp³-hybridized carbons (Fsp3) is 0.316. The maximum atomic E-state index is 12.6. The van der Waals surface area contributed by atoms with Crippen molar-refractivity contribution in [3.8, 4) is 5.75 Å². The predicted molar refractivity (Wildman–Crippen MR) is 89.2 cm³/mol. The van der Waals surface area contributed by atoms with E-state index in [0.29, 0.717) is 18.8 Å². The number of hydrogen-bond donors (Lipinski definition) is 1. The minimum absolute atomic E-state index is 0.0787. The number of aromatic carboxylic acids is 1. The molecule has 2 aromatic carbocycles. The highest BCUT2D eigenvalue weighted by Gasteiger charge is 2.30. The first-order valence-corrected chi connectivity index (χ1v) is 8.20. The summed E-state index contributed by atoms with van der Waals surface area (Å²) in [5.41, 5.74) is 0.562. The zero-order valence-electron chi connectivity index (χ0n) is 13.9. The molecule has 1 atom stereocenters. The second-order valence-corrected chi connectivity index (χ2v) is 6.29. The van der Waals surface area contributed by atoms with Crippen LogP contribution in [0, 0.1) is 0 Å². The Hall–Kier alpha value is -2.54. The number of carboxylic acid groups (broad SMARTS) is 1. The van der Waals surface area contributed by atoms with Crippen molar-refractivity contribution >= 4 is 5.97 Å². The van der Waals surface area contributed by atoms with Crippen LogP contribution in [0.1, 0.15) is 27.9 Å². The van der Waals surface area contributed by atoms with Crippen molar-refractivity contribution in [2.45, 2.75) is 25.2 Å². The standard InChI is InChI=1S/C19H18F3NO3/c20-19(21,22)15-5-7-16(8-6-15)26-17-9-10-23(12-17)11-13-1-3-14(4-2-13)18(24)25/h1-8,17H,9-12H2,(H,24,25)/t17-/m0/s1.